The lowest BCUT2D eigenvalue weighted by Crippen LogP contribution is -2.41. The largest absolute Gasteiger partial charge is 0.325 e. The van der Waals surface area contributed by atoms with Gasteiger partial charge in [-0.05, 0) is 51.1 Å². The maximum Gasteiger partial charge on any atom is 0.0166 e. The van der Waals surface area contributed by atoms with Crippen LogP contribution in [0.3, 0.4) is 0 Å². The van der Waals surface area contributed by atoms with E-state index in [2.05, 4.69) is 11.8 Å². The van der Waals surface area contributed by atoms with Crippen LogP contribution in [-0.4, -0.2) is 30.1 Å². The molecule has 2 fully saturated rings. The Hall–Kier alpha value is -0.0800. The first kappa shape index (κ1) is 11.4. The van der Waals surface area contributed by atoms with E-state index in [1.165, 1.54) is 64.6 Å². The Morgan fingerprint density at radius 1 is 1.27 bits per heavy atom. The monoisotopic (exact) mass is 210 g/mol. The van der Waals surface area contributed by atoms with Crippen LogP contribution in [0.15, 0.2) is 0 Å². The number of hydrogen-bond acceptors (Lipinski definition) is 2. The Kier molecular flexibility index (Phi) is 3.68. The van der Waals surface area contributed by atoms with Gasteiger partial charge in [-0.3, -0.25) is 0 Å². The zero-order chi connectivity index (χ0) is 10.7. The van der Waals surface area contributed by atoms with E-state index < -0.39 is 0 Å². The molecule has 0 heterocycles. The van der Waals surface area contributed by atoms with Gasteiger partial charge in [0.05, 0.1) is 0 Å². The first-order valence-corrected chi connectivity index (χ1v) is 6.73. The first-order valence-electron chi connectivity index (χ1n) is 6.73. The second kappa shape index (κ2) is 4.84. The molecule has 15 heavy (non-hydrogen) atoms. The van der Waals surface area contributed by atoms with Gasteiger partial charge in [-0.1, -0.05) is 19.8 Å². The van der Waals surface area contributed by atoms with Gasteiger partial charge in [-0.2, -0.15) is 0 Å². The quantitative estimate of drug-likeness (QED) is 0.729. The lowest BCUT2D eigenvalue weighted by Gasteiger charge is -2.28. The molecule has 2 N–H and O–H groups in total. The Labute approximate surface area is 94.2 Å². The van der Waals surface area contributed by atoms with Crippen molar-refractivity contribution in [2.75, 3.05) is 19.6 Å². The maximum absolute atomic E-state index is 6.38. The summed E-state index contributed by atoms with van der Waals surface area (Å²) in [6.45, 7) is 6.03. The molecule has 0 radical (unpaired) electrons. The molecule has 0 aromatic rings. The molecule has 2 saturated carbocycles. The van der Waals surface area contributed by atoms with Gasteiger partial charge in [0.2, 0.25) is 0 Å². The van der Waals surface area contributed by atoms with Crippen LogP contribution in [0.25, 0.3) is 0 Å². The first-order chi connectivity index (χ1) is 7.22. The van der Waals surface area contributed by atoms with Gasteiger partial charge in [-0.25, -0.2) is 0 Å². The molecule has 0 aromatic carbocycles. The number of rotatable bonds is 6. The fourth-order valence-corrected chi connectivity index (χ4v) is 2.75. The van der Waals surface area contributed by atoms with Crippen LogP contribution in [0.2, 0.25) is 0 Å². The van der Waals surface area contributed by atoms with Gasteiger partial charge in [-0.15, -0.1) is 0 Å². The smallest absolute Gasteiger partial charge is 0.0166 e. The Morgan fingerprint density at radius 2 is 1.93 bits per heavy atom. The molecule has 0 aliphatic heterocycles. The van der Waals surface area contributed by atoms with Crippen molar-refractivity contribution in [3.05, 3.63) is 0 Å². The van der Waals surface area contributed by atoms with E-state index in [9.17, 15) is 0 Å². The van der Waals surface area contributed by atoms with Crippen molar-refractivity contribution >= 4 is 0 Å². The van der Waals surface area contributed by atoms with Crippen molar-refractivity contribution in [2.45, 2.75) is 57.4 Å². The second-order valence-electron chi connectivity index (χ2n) is 5.66. The van der Waals surface area contributed by atoms with Gasteiger partial charge in [0.15, 0.2) is 0 Å². The topological polar surface area (TPSA) is 29.3 Å². The zero-order valence-electron chi connectivity index (χ0n) is 10.2. The minimum Gasteiger partial charge on any atom is -0.325 e. The average Bonchev–Trinajstić information content (AvgIpc) is 2.95. The van der Waals surface area contributed by atoms with Crippen molar-refractivity contribution in [3.63, 3.8) is 0 Å². The van der Waals surface area contributed by atoms with E-state index in [1.54, 1.807) is 0 Å². The highest BCUT2D eigenvalue weighted by atomic mass is 15.1. The molecule has 88 valence electrons. The van der Waals surface area contributed by atoms with E-state index in [4.69, 9.17) is 5.73 Å². The van der Waals surface area contributed by atoms with Crippen molar-refractivity contribution in [1.29, 1.82) is 0 Å². The van der Waals surface area contributed by atoms with Crippen LogP contribution in [0.1, 0.15) is 51.9 Å². The summed E-state index contributed by atoms with van der Waals surface area (Å²) in [5.74, 6) is 1.02. The summed E-state index contributed by atoms with van der Waals surface area (Å²) in [5, 5.41) is 0. The SMILES string of the molecule is CCN(CCC1(N)CCCC1)CC1CC1. The van der Waals surface area contributed by atoms with Crippen molar-refractivity contribution < 1.29 is 0 Å². The Bertz CT molecular complexity index is 193. The third-order valence-corrected chi connectivity index (χ3v) is 4.19. The fraction of sp³-hybridized carbons (Fsp3) is 1.00. The lowest BCUT2D eigenvalue weighted by molar-refractivity contribution is 0.240. The predicted octanol–water partition coefficient (Wildman–Crippen LogP) is 2.38. The van der Waals surface area contributed by atoms with E-state index in [0.717, 1.165) is 5.92 Å². The van der Waals surface area contributed by atoms with Gasteiger partial charge in [0.1, 0.15) is 0 Å². The molecule has 0 amide bonds. The fourth-order valence-electron chi connectivity index (χ4n) is 2.75. The van der Waals surface area contributed by atoms with Crippen LogP contribution in [0.5, 0.6) is 0 Å². The highest BCUT2D eigenvalue weighted by molar-refractivity contribution is 4.90. The summed E-state index contributed by atoms with van der Waals surface area (Å²) >= 11 is 0. The minimum absolute atomic E-state index is 0.191. The van der Waals surface area contributed by atoms with Crippen LogP contribution >= 0.6 is 0 Å². The molecular formula is C13H26N2. The standard InChI is InChI=1S/C13H26N2/c1-2-15(11-12-5-6-12)10-9-13(14)7-3-4-8-13/h12H,2-11,14H2,1H3. The molecule has 0 spiro atoms. The third-order valence-electron chi connectivity index (χ3n) is 4.19. The van der Waals surface area contributed by atoms with Crippen LogP contribution < -0.4 is 5.73 Å². The molecule has 2 heteroatoms. The lowest BCUT2D eigenvalue weighted by atomic mass is 9.94. The van der Waals surface area contributed by atoms with Crippen LogP contribution in [0.4, 0.5) is 0 Å². The van der Waals surface area contributed by atoms with E-state index in [-0.39, 0.29) is 5.54 Å². The maximum atomic E-state index is 6.38. The molecule has 0 saturated heterocycles. The molecule has 0 unspecified atom stereocenters. The molecule has 2 nitrogen and oxygen atoms in total. The summed E-state index contributed by atoms with van der Waals surface area (Å²) < 4.78 is 0. The van der Waals surface area contributed by atoms with Gasteiger partial charge >= 0.3 is 0 Å². The summed E-state index contributed by atoms with van der Waals surface area (Å²) in [5.41, 5.74) is 6.57. The summed E-state index contributed by atoms with van der Waals surface area (Å²) in [7, 11) is 0. The summed E-state index contributed by atoms with van der Waals surface area (Å²) in [6, 6.07) is 0. The van der Waals surface area contributed by atoms with Gasteiger partial charge in [0.25, 0.3) is 0 Å². The van der Waals surface area contributed by atoms with Crippen molar-refractivity contribution in [3.8, 4) is 0 Å². The summed E-state index contributed by atoms with van der Waals surface area (Å²) in [4.78, 5) is 2.60. The normalized spacial score (nSPS) is 25.0. The second-order valence-corrected chi connectivity index (χ2v) is 5.66. The van der Waals surface area contributed by atoms with Crippen LogP contribution in [0, 0.1) is 5.92 Å². The molecule has 0 aromatic heterocycles. The molecular weight excluding hydrogens is 184 g/mol. The number of nitrogens with zero attached hydrogens (tertiary/aromatic N) is 1. The molecule has 0 atom stereocenters. The molecule has 2 aliphatic carbocycles. The number of hydrogen-bond donors (Lipinski definition) is 1. The summed E-state index contributed by atoms with van der Waals surface area (Å²) in [6.07, 6.45) is 9.36. The molecule has 0 bridgehead atoms. The van der Waals surface area contributed by atoms with Gasteiger partial charge < -0.3 is 10.6 Å². The molecule has 2 aliphatic rings. The molecule has 2 rings (SSSR count). The van der Waals surface area contributed by atoms with E-state index in [1.807, 2.05) is 0 Å². The average molecular weight is 210 g/mol. The van der Waals surface area contributed by atoms with Crippen molar-refractivity contribution in [2.24, 2.45) is 11.7 Å². The van der Waals surface area contributed by atoms with Crippen molar-refractivity contribution in [1.82, 2.24) is 4.90 Å². The predicted molar refractivity (Wildman–Crippen MR) is 64.8 cm³/mol. The Morgan fingerprint density at radius 3 is 2.47 bits per heavy atom. The van der Waals surface area contributed by atoms with E-state index in [0.29, 0.717) is 0 Å². The highest BCUT2D eigenvalue weighted by Gasteiger charge is 2.30. The number of nitrogens with two attached hydrogens (primary N) is 1. The Balaban J connectivity index is 1.69. The zero-order valence-corrected chi connectivity index (χ0v) is 10.2. The van der Waals surface area contributed by atoms with Gasteiger partial charge in [0, 0.05) is 12.1 Å². The minimum atomic E-state index is 0.191. The third kappa shape index (κ3) is 3.46. The van der Waals surface area contributed by atoms with E-state index >= 15 is 0 Å². The highest BCUT2D eigenvalue weighted by Crippen LogP contribution is 2.32. The van der Waals surface area contributed by atoms with Crippen LogP contribution in [-0.2, 0) is 0 Å².